The number of hydrogen-bond donors (Lipinski definition) is 2. The van der Waals surface area contributed by atoms with Gasteiger partial charge in [0.15, 0.2) is 0 Å². The van der Waals surface area contributed by atoms with E-state index in [9.17, 15) is 9.59 Å². The van der Waals surface area contributed by atoms with Gasteiger partial charge in [-0.15, -0.1) is 6.58 Å². The summed E-state index contributed by atoms with van der Waals surface area (Å²) in [4.78, 5) is 24.0. The van der Waals surface area contributed by atoms with Crippen LogP contribution >= 0.6 is 0 Å². The van der Waals surface area contributed by atoms with Crippen LogP contribution in [0.5, 0.6) is 0 Å². The average molecular weight is 242 g/mol. The van der Waals surface area contributed by atoms with E-state index in [0.717, 1.165) is 19.3 Å². The number of hydrogen-bond acceptors (Lipinski definition) is 2. The van der Waals surface area contributed by atoms with E-state index in [1.807, 2.05) is 6.92 Å². The van der Waals surface area contributed by atoms with Crippen LogP contribution in [-0.4, -0.2) is 41.6 Å². The molecule has 0 heterocycles. The highest BCUT2D eigenvalue weighted by atomic mass is 16.4. The molecule has 1 atom stereocenters. The van der Waals surface area contributed by atoms with Crippen LogP contribution in [0.3, 0.4) is 0 Å². The van der Waals surface area contributed by atoms with Crippen LogP contribution in [-0.2, 0) is 4.79 Å². The maximum atomic E-state index is 11.7. The lowest BCUT2D eigenvalue weighted by Crippen LogP contribution is -2.46. The maximum absolute atomic E-state index is 11.7. The summed E-state index contributed by atoms with van der Waals surface area (Å²) in [5, 5.41) is 11.4. The molecule has 0 fully saturated rings. The lowest BCUT2D eigenvalue weighted by molar-refractivity contribution is -0.139. The molecule has 0 aromatic carbocycles. The summed E-state index contributed by atoms with van der Waals surface area (Å²) in [6.45, 7) is 6.08. The Hall–Kier alpha value is -1.52. The van der Waals surface area contributed by atoms with Gasteiger partial charge in [0.1, 0.15) is 6.04 Å². The van der Waals surface area contributed by atoms with Crippen LogP contribution in [0.4, 0.5) is 4.79 Å². The first-order chi connectivity index (χ1) is 8.02. The Labute approximate surface area is 102 Å². The maximum Gasteiger partial charge on any atom is 0.326 e. The first-order valence-electron chi connectivity index (χ1n) is 5.88. The molecule has 0 unspecified atom stereocenters. The minimum atomic E-state index is -0.986. The van der Waals surface area contributed by atoms with Crippen molar-refractivity contribution in [3.8, 4) is 0 Å². The predicted molar refractivity (Wildman–Crippen MR) is 66.9 cm³/mol. The molecule has 0 aromatic rings. The van der Waals surface area contributed by atoms with Crippen LogP contribution < -0.4 is 5.32 Å². The number of unbranched alkanes of at least 4 members (excludes halogenated alkanes) is 1. The highest BCUT2D eigenvalue weighted by molar-refractivity contribution is 5.82. The Morgan fingerprint density at radius 1 is 1.53 bits per heavy atom. The Kier molecular flexibility index (Phi) is 7.84. The van der Waals surface area contributed by atoms with Crippen molar-refractivity contribution in [2.45, 2.75) is 38.6 Å². The Morgan fingerprint density at radius 2 is 2.18 bits per heavy atom. The van der Waals surface area contributed by atoms with Crippen molar-refractivity contribution in [3.05, 3.63) is 12.7 Å². The molecule has 5 nitrogen and oxygen atoms in total. The Bertz CT molecular complexity index is 266. The number of urea groups is 1. The summed E-state index contributed by atoms with van der Waals surface area (Å²) >= 11 is 0. The SMILES string of the molecule is C=CCCCN(C)C(=O)N[C@@H](CCC)C(=O)O. The number of amides is 2. The molecule has 2 N–H and O–H groups in total. The van der Waals surface area contributed by atoms with Crippen molar-refractivity contribution >= 4 is 12.0 Å². The van der Waals surface area contributed by atoms with E-state index in [0.29, 0.717) is 13.0 Å². The summed E-state index contributed by atoms with van der Waals surface area (Å²) in [6.07, 6.45) is 4.63. The van der Waals surface area contributed by atoms with Gasteiger partial charge in [-0.3, -0.25) is 0 Å². The summed E-state index contributed by atoms with van der Waals surface area (Å²) in [5.41, 5.74) is 0. The number of carbonyl (C=O) groups is 2. The highest BCUT2D eigenvalue weighted by Gasteiger charge is 2.20. The van der Waals surface area contributed by atoms with Gasteiger partial charge in [0, 0.05) is 13.6 Å². The average Bonchev–Trinajstić information content (AvgIpc) is 2.28. The number of allylic oxidation sites excluding steroid dienone is 1. The topological polar surface area (TPSA) is 69.6 Å². The van der Waals surface area contributed by atoms with Gasteiger partial charge in [-0.1, -0.05) is 19.4 Å². The molecule has 0 aromatic heterocycles. The molecular weight excluding hydrogens is 220 g/mol. The van der Waals surface area contributed by atoms with Crippen LogP contribution in [0.1, 0.15) is 32.6 Å². The molecule has 2 amide bonds. The summed E-state index contributed by atoms with van der Waals surface area (Å²) < 4.78 is 0. The molecular formula is C12H22N2O3. The number of rotatable bonds is 8. The molecule has 5 heteroatoms. The lowest BCUT2D eigenvalue weighted by Gasteiger charge is -2.20. The normalized spacial score (nSPS) is 11.6. The van der Waals surface area contributed by atoms with Crippen molar-refractivity contribution in [3.63, 3.8) is 0 Å². The van der Waals surface area contributed by atoms with Crippen LogP contribution in [0.2, 0.25) is 0 Å². The predicted octanol–water partition coefficient (Wildman–Crippen LogP) is 1.85. The Balaban J connectivity index is 4.10. The molecule has 0 saturated heterocycles. The fourth-order valence-corrected chi connectivity index (χ4v) is 1.38. The van der Waals surface area contributed by atoms with Crippen LogP contribution in [0, 0.1) is 0 Å². The molecule has 98 valence electrons. The van der Waals surface area contributed by atoms with Gasteiger partial charge in [-0.2, -0.15) is 0 Å². The van der Waals surface area contributed by atoms with Crippen molar-refractivity contribution in [1.82, 2.24) is 10.2 Å². The van der Waals surface area contributed by atoms with Crippen LogP contribution in [0.25, 0.3) is 0 Å². The molecule has 0 bridgehead atoms. The monoisotopic (exact) mass is 242 g/mol. The molecule has 0 aliphatic heterocycles. The summed E-state index contributed by atoms with van der Waals surface area (Å²) in [5.74, 6) is -0.986. The quantitative estimate of drug-likeness (QED) is 0.504. The zero-order valence-corrected chi connectivity index (χ0v) is 10.6. The van der Waals surface area contributed by atoms with E-state index in [-0.39, 0.29) is 6.03 Å². The minimum absolute atomic E-state index is 0.338. The number of carbonyl (C=O) groups excluding carboxylic acids is 1. The van der Waals surface area contributed by atoms with E-state index in [1.54, 1.807) is 13.1 Å². The van der Waals surface area contributed by atoms with Gasteiger partial charge in [0.2, 0.25) is 0 Å². The van der Waals surface area contributed by atoms with Crippen molar-refractivity contribution in [1.29, 1.82) is 0 Å². The Morgan fingerprint density at radius 3 is 2.65 bits per heavy atom. The molecule has 17 heavy (non-hydrogen) atoms. The second kappa shape index (κ2) is 8.61. The molecule has 0 rings (SSSR count). The fourth-order valence-electron chi connectivity index (χ4n) is 1.38. The standard InChI is InChI=1S/C12H22N2O3/c1-4-6-7-9-14(3)12(17)13-10(8-5-2)11(15)16/h4,10H,1,5-9H2,2-3H3,(H,13,17)(H,15,16)/t10-/m0/s1. The number of nitrogens with zero attached hydrogens (tertiary/aromatic N) is 1. The van der Waals surface area contributed by atoms with Gasteiger partial charge >= 0.3 is 12.0 Å². The second-order valence-corrected chi connectivity index (χ2v) is 3.98. The van der Waals surface area contributed by atoms with Gasteiger partial charge in [-0.05, 0) is 19.3 Å². The van der Waals surface area contributed by atoms with Crippen molar-refractivity contribution < 1.29 is 14.7 Å². The largest absolute Gasteiger partial charge is 0.480 e. The first-order valence-corrected chi connectivity index (χ1v) is 5.88. The third-order valence-electron chi connectivity index (χ3n) is 2.42. The van der Waals surface area contributed by atoms with E-state index in [1.165, 1.54) is 4.90 Å². The number of nitrogens with one attached hydrogen (secondary N) is 1. The van der Waals surface area contributed by atoms with Gasteiger partial charge in [0.25, 0.3) is 0 Å². The van der Waals surface area contributed by atoms with Crippen molar-refractivity contribution in [2.24, 2.45) is 0 Å². The van der Waals surface area contributed by atoms with Gasteiger partial charge in [0.05, 0.1) is 0 Å². The van der Waals surface area contributed by atoms with E-state index >= 15 is 0 Å². The zero-order chi connectivity index (χ0) is 13.3. The van der Waals surface area contributed by atoms with E-state index < -0.39 is 12.0 Å². The van der Waals surface area contributed by atoms with Gasteiger partial charge < -0.3 is 15.3 Å². The fraction of sp³-hybridized carbons (Fsp3) is 0.667. The zero-order valence-electron chi connectivity index (χ0n) is 10.6. The molecule has 0 saturated carbocycles. The highest BCUT2D eigenvalue weighted by Crippen LogP contribution is 1.99. The van der Waals surface area contributed by atoms with Crippen LogP contribution in [0.15, 0.2) is 12.7 Å². The smallest absolute Gasteiger partial charge is 0.326 e. The molecule has 0 aliphatic rings. The molecule has 0 spiro atoms. The first kappa shape index (κ1) is 15.5. The summed E-state index contributed by atoms with van der Waals surface area (Å²) in [7, 11) is 1.66. The van der Waals surface area contributed by atoms with Gasteiger partial charge in [-0.25, -0.2) is 9.59 Å². The minimum Gasteiger partial charge on any atom is -0.480 e. The number of carboxylic acid groups (broad SMARTS) is 1. The third kappa shape index (κ3) is 6.60. The molecule has 0 radical (unpaired) electrons. The second-order valence-electron chi connectivity index (χ2n) is 3.98. The summed E-state index contributed by atoms with van der Waals surface area (Å²) in [6, 6.07) is -1.13. The van der Waals surface area contributed by atoms with E-state index in [4.69, 9.17) is 5.11 Å². The number of aliphatic carboxylic acids is 1. The third-order valence-corrected chi connectivity index (χ3v) is 2.42. The number of carboxylic acids is 1. The molecule has 0 aliphatic carbocycles. The van der Waals surface area contributed by atoms with Crippen molar-refractivity contribution in [2.75, 3.05) is 13.6 Å². The lowest BCUT2D eigenvalue weighted by atomic mass is 10.2. The van der Waals surface area contributed by atoms with E-state index in [2.05, 4.69) is 11.9 Å².